The summed E-state index contributed by atoms with van der Waals surface area (Å²) in [7, 11) is -3.23. The van der Waals surface area contributed by atoms with Crippen molar-refractivity contribution in [2.75, 3.05) is 6.26 Å². The molecule has 2 N–H and O–H groups in total. The Kier molecular flexibility index (Phi) is 2.69. The number of sulfone groups is 1. The van der Waals surface area contributed by atoms with Gasteiger partial charge in [0.15, 0.2) is 15.4 Å². The lowest BCUT2D eigenvalue weighted by Crippen LogP contribution is -2.33. The van der Waals surface area contributed by atoms with E-state index >= 15 is 0 Å². The van der Waals surface area contributed by atoms with E-state index < -0.39 is 15.4 Å². The number of rotatable bonds is 2. The van der Waals surface area contributed by atoms with E-state index in [0.29, 0.717) is 17.0 Å². The summed E-state index contributed by atoms with van der Waals surface area (Å²) >= 11 is 0. The minimum absolute atomic E-state index is 0.248. The van der Waals surface area contributed by atoms with Crippen molar-refractivity contribution in [1.29, 1.82) is 0 Å². The summed E-state index contributed by atoms with van der Waals surface area (Å²) in [5.74, 6) is 0.519. The number of fused-ring (bicyclic) bond motifs is 1. The second-order valence-corrected chi connectivity index (χ2v) is 7.30. The van der Waals surface area contributed by atoms with Gasteiger partial charge in [0.05, 0.1) is 10.4 Å². The summed E-state index contributed by atoms with van der Waals surface area (Å²) in [5.41, 5.74) is 6.93. The van der Waals surface area contributed by atoms with Crippen molar-refractivity contribution in [3.05, 3.63) is 24.1 Å². The molecule has 3 rings (SSSR count). The first kappa shape index (κ1) is 12.6. The highest BCUT2D eigenvalue weighted by Crippen LogP contribution is 2.37. The Labute approximate surface area is 111 Å². The highest BCUT2D eigenvalue weighted by Gasteiger charge is 2.36. The number of nitrogens with zero attached hydrogens (tertiary/aromatic N) is 1. The van der Waals surface area contributed by atoms with Gasteiger partial charge in [0.1, 0.15) is 5.52 Å². The van der Waals surface area contributed by atoms with Crippen molar-refractivity contribution < 1.29 is 12.8 Å². The van der Waals surface area contributed by atoms with Gasteiger partial charge in [0, 0.05) is 6.26 Å². The Morgan fingerprint density at radius 2 is 2.00 bits per heavy atom. The quantitative estimate of drug-likeness (QED) is 0.908. The molecular formula is C13H16N2O3S. The van der Waals surface area contributed by atoms with Gasteiger partial charge in [-0.1, -0.05) is 12.8 Å². The Bertz CT molecular complexity index is 727. The number of hydrogen-bond donors (Lipinski definition) is 1. The lowest BCUT2D eigenvalue weighted by Gasteiger charge is -2.18. The molecular weight excluding hydrogens is 264 g/mol. The van der Waals surface area contributed by atoms with Gasteiger partial charge in [-0.3, -0.25) is 0 Å². The SMILES string of the molecule is CS(=O)(=O)c1ccc2oc(C3(N)CCCC3)nc2c1. The van der Waals surface area contributed by atoms with Crippen LogP contribution in [-0.4, -0.2) is 19.7 Å². The molecule has 1 fully saturated rings. The predicted molar refractivity (Wildman–Crippen MR) is 71.5 cm³/mol. The molecule has 0 radical (unpaired) electrons. The summed E-state index contributed by atoms with van der Waals surface area (Å²) in [5, 5.41) is 0. The smallest absolute Gasteiger partial charge is 0.215 e. The number of benzene rings is 1. The van der Waals surface area contributed by atoms with Crippen molar-refractivity contribution in [2.24, 2.45) is 5.73 Å². The van der Waals surface area contributed by atoms with Gasteiger partial charge < -0.3 is 10.2 Å². The molecule has 0 aliphatic heterocycles. The molecule has 2 aromatic rings. The van der Waals surface area contributed by atoms with Crippen molar-refractivity contribution in [1.82, 2.24) is 4.98 Å². The fraction of sp³-hybridized carbons (Fsp3) is 0.462. The van der Waals surface area contributed by atoms with Crippen LogP contribution >= 0.6 is 0 Å². The lowest BCUT2D eigenvalue weighted by molar-refractivity contribution is 0.346. The van der Waals surface area contributed by atoms with Crippen molar-refractivity contribution in [3.8, 4) is 0 Å². The Morgan fingerprint density at radius 1 is 1.32 bits per heavy atom. The summed E-state index contributed by atoms with van der Waals surface area (Å²) in [4.78, 5) is 4.63. The number of oxazole rings is 1. The maximum absolute atomic E-state index is 11.5. The van der Waals surface area contributed by atoms with E-state index in [2.05, 4.69) is 4.98 Å². The fourth-order valence-corrected chi connectivity index (χ4v) is 3.21. The molecule has 1 saturated carbocycles. The average Bonchev–Trinajstić information content (AvgIpc) is 2.93. The molecule has 1 aliphatic carbocycles. The van der Waals surface area contributed by atoms with E-state index in [4.69, 9.17) is 10.2 Å². The van der Waals surface area contributed by atoms with Crippen LogP contribution < -0.4 is 5.73 Å². The highest BCUT2D eigenvalue weighted by molar-refractivity contribution is 7.90. The normalized spacial score (nSPS) is 19.1. The van der Waals surface area contributed by atoms with E-state index in [-0.39, 0.29) is 4.90 Å². The number of aromatic nitrogens is 1. The van der Waals surface area contributed by atoms with Crippen molar-refractivity contribution >= 4 is 20.9 Å². The van der Waals surface area contributed by atoms with Gasteiger partial charge in [-0.15, -0.1) is 0 Å². The Morgan fingerprint density at radius 3 is 2.63 bits per heavy atom. The van der Waals surface area contributed by atoms with Gasteiger partial charge in [0.2, 0.25) is 5.89 Å². The van der Waals surface area contributed by atoms with Crippen LogP contribution in [0, 0.1) is 0 Å². The molecule has 0 bridgehead atoms. The van der Waals surface area contributed by atoms with Gasteiger partial charge >= 0.3 is 0 Å². The van der Waals surface area contributed by atoms with E-state index in [0.717, 1.165) is 25.7 Å². The van der Waals surface area contributed by atoms with Crippen LogP contribution in [0.3, 0.4) is 0 Å². The fourth-order valence-electron chi connectivity index (χ4n) is 2.57. The van der Waals surface area contributed by atoms with Crippen LogP contribution in [0.4, 0.5) is 0 Å². The van der Waals surface area contributed by atoms with E-state index in [1.807, 2.05) is 0 Å². The van der Waals surface area contributed by atoms with Crippen molar-refractivity contribution in [2.45, 2.75) is 36.1 Å². The molecule has 0 unspecified atom stereocenters. The molecule has 0 spiro atoms. The van der Waals surface area contributed by atoms with Crippen LogP contribution in [0.1, 0.15) is 31.6 Å². The van der Waals surface area contributed by atoms with Gasteiger partial charge in [-0.25, -0.2) is 13.4 Å². The first-order valence-corrected chi connectivity index (χ1v) is 8.18. The monoisotopic (exact) mass is 280 g/mol. The minimum atomic E-state index is -3.23. The molecule has 1 aliphatic rings. The zero-order chi connectivity index (χ0) is 13.7. The molecule has 0 amide bonds. The maximum Gasteiger partial charge on any atom is 0.215 e. The van der Waals surface area contributed by atoms with Crippen LogP contribution in [0.2, 0.25) is 0 Å². The molecule has 0 saturated heterocycles. The summed E-state index contributed by atoms with van der Waals surface area (Å²) < 4.78 is 28.7. The van der Waals surface area contributed by atoms with Crippen molar-refractivity contribution in [3.63, 3.8) is 0 Å². The predicted octanol–water partition coefficient (Wildman–Crippen LogP) is 1.96. The largest absolute Gasteiger partial charge is 0.439 e. The first-order chi connectivity index (χ1) is 8.88. The van der Waals surface area contributed by atoms with Gasteiger partial charge in [-0.05, 0) is 31.0 Å². The average molecular weight is 280 g/mol. The topological polar surface area (TPSA) is 86.2 Å². The van der Waals surface area contributed by atoms with E-state index in [1.165, 1.54) is 18.4 Å². The highest BCUT2D eigenvalue weighted by atomic mass is 32.2. The molecule has 0 atom stereocenters. The molecule has 19 heavy (non-hydrogen) atoms. The Hall–Kier alpha value is -1.40. The third kappa shape index (κ3) is 2.15. The van der Waals surface area contributed by atoms with E-state index in [1.54, 1.807) is 6.07 Å². The van der Waals surface area contributed by atoms with Gasteiger partial charge in [-0.2, -0.15) is 0 Å². The second-order valence-electron chi connectivity index (χ2n) is 5.28. The number of nitrogens with two attached hydrogens (primary N) is 1. The summed E-state index contributed by atoms with van der Waals surface area (Å²) in [6, 6.07) is 4.71. The van der Waals surface area contributed by atoms with Crippen LogP contribution in [-0.2, 0) is 15.4 Å². The molecule has 6 heteroatoms. The third-order valence-electron chi connectivity index (χ3n) is 3.71. The van der Waals surface area contributed by atoms with Crippen LogP contribution in [0.25, 0.3) is 11.1 Å². The zero-order valence-corrected chi connectivity index (χ0v) is 11.5. The van der Waals surface area contributed by atoms with Gasteiger partial charge in [0.25, 0.3) is 0 Å². The summed E-state index contributed by atoms with van der Waals surface area (Å²) in [6.07, 6.45) is 5.04. The molecule has 1 heterocycles. The first-order valence-electron chi connectivity index (χ1n) is 6.28. The molecule has 102 valence electrons. The van der Waals surface area contributed by atoms with Crippen LogP contribution in [0.15, 0.2) is 27.5 Å². The molecule has 5 nitrogen and oxygen atoms in total. The Balaban J connectivity index is 2.11. The number of hydrogen-bond acceptors (Lipinski definition) is 5. The second kappa shape index (κ2) is 4.05. The summed E-state index contributed by atoms with van der Waals surface area (Å²) in [6.45, 7) is 0. The van der Waals surface area contributed by atoms with E-state index in [9.17, 15) is 8.42 Å². The van der Waals surface area contributed by atoms with Crippen LogP contribution in [0.5, 0.6) is 0 Å². The third-order valence-corrected chi connectivity index (χ3v) is 4.82. The zero-order valence-electron chi connectivity index (χ0n) is 10.7. The minimum Gasteiger partial charge on any atom is -0.439 e. The lowest BCUT2D eigenvalue weighted by atomic mass is 10.00. The standard InChI is InChI=1S/C13H16N2O3S/c1-19(16,17)9-4-5-11-10(8-9)15-12(18-11)13(14)6-2-3-7-13/h4-5,8H,2-3,6-7,14H2,1H3. The molecule has 1 aromatic carbocycles. The maximum atomic E-state index is 11.5. The molecule has 1 aromatic heterocycles.